The van der Waals surface area contributed by atoms with Crippen LogP contribution in [0.5, 0.6) is 0 Å². The molecular weight excluding hydrogens is 252 g/mol. The Morgan fingerprint density at radius 2 is 2.11 bits per heavy atom. The highest BCUT2D eigenvalue weighted by Crippen LogP contribution is 2.25. The van der Waals surface area contributed by atoms with Crippen molar-refractivity contribution in [2.24, 2.45) is 5.92 Å². The second-order valence-electron chi connectivity index (χ2n) is 5.10. The van der Waals surface area contributed by atoms with Crippen molar-refractivity contribution in [3.8, 4) is 0 Å². The van der Waals surface area contributed by atoms with Crippen molar-refractivity contribution in [3.05, 3.63) is 35.4 Å². The predicted molar refractivity (Wildman–Crippen MR) is 67.5 cm³/mol. The Balaban J connectivity index is 1.83. The van der Waals surface area contributed by atoms with E-state index in [0.717, 1.165) is 37.5 Å². The molecule has 1 aromatic rings. The van der Waals surface area contributed by atoms with E-state index in [-0.39, 0.29) is 24.1 Å². The Morgan fingerprint density at radius 3 is 2.79 bits per heavy atom. The number of hydrogen-bond acceptors (Lipinski definition) is 3. The lowest BCUT2D eigenvalue weighted by atomic mass is 10.1. The van der Waals surface area contributed by atoms with E-state index in [1.807, 2.05) is 0 Å². The van der Waals surface area contributed by atoms with E-state index in [9.17, 15) is 19.0 Å². The van der Waals surface area contributed by atoms with E-state index >= 15 is 0 Å². The lowest BCUT2D eigenvalue weighted by Gasteiger charge is -2.17. The molecule has 3 atom stereocenters. The Hall–Kier alpha value is -1.04. The lowest BCUT2D eigenvalue weighted by Crippen LogP contribution is -2.31. The average molecular weight is 271 g/mol. The molecular formula is C14H19F2NO2. The molecule has 0 aromatic heterocycles. The van der Waals surface area contributed by atoms with Gasteiger partial charge in [0.15, 0.2) is 0 Å². The minimum Gasteiger partial charge on any atom is -0.393 e. The number of halogens is 2. The molecule has 2 rings (SSSR count). The fourth-order valence-electron chi connectivity index (χ4n) is 2.54. The van der Waals surface area contributed by atoms with Gasteiger partial charge in [0.25, 0.3) is 0 Å². The molecule has 0 amide bonds. The first kappa shape index (κ1) is 14.4. The van der Waals surface area contributed by atoms with E-state index in [4.69, 9.17) is 0 Å². The van der Waals surface area contributed by atoms with Gasteiger partial charge in [0.1, 0.15) is 11.6 Å². The second-order valence-corrected chi connectivity index (χ2v) is 5.10. The van der Waals surface area contributed by atoms with Gasteiger partial charge in [-0.1, -0.05) is 6.42 Å². The number of nitrogens with one attached hydrogen (secondary N) is 1. The zero-order valence-corrected chi connectivity index (χ0v) is 10.6. The predicted octanol–water partition coefficient (Wildman–Crippen LogP) is 1.75. The third-order valence-electron chi connectivity index (χ3n) is 3.68. The molecule has 1 aliphatic carbocycles. The number of aliphatic hydroxyl groups excluding tert-OH is 2. The van der Waals surface area contributed by atoms with Gasteiger partial charge in [-0.05, 0) is 37.0 Å². The number of aliphatic hydroxyl groups is 2. The van der Waals surface area contributed by atoms with E-state index < -0.39 is 17.7 Å². The summed E-state index contributed by atoms with van der Waals surface area (Å²) in [5, 5.41) is 22.5. The molecule has 0 heterocycles. The Kier molecular flexibility index (Phi) is 4.85. The quantitative estimate of drug-likeness (QED) is 0.764. The zero-order chi connectivity index (χ0) is 13.8. The van der Waals surface area contributed by atoms with Gasteiger partial charge in [0.2, 0.25) is 0 Å². The monoisotopic (exact) mass is 271 g/mol. The molecule has 1 aliphatic rings. The molecule has 0 bridgehead atoms. The summed E-state index contributed by atoms with van der Waals surface area (Å²) in [4.78, 5) is 0. The molecule has 0 spiro atoms. The summed E-state index contributed by atoms with van der Waals surface area (Å²) in [5.74, 6) is -0.997. The highest BCUT2D eigenvalue weighted by atomic mass is 19.1. The van der Waals surface area contributed by atoms with Crippen LogP contribution in [0, 0.1) is 17.6 Å². The first-order valence-corrected chi connectivity index (χ1v) is 6.59. The maximum absolute atomic E-state index is 13.4. The lowest BCUT2D eigenvalue weighted by molar-refractivity contribution is 0.124. The van der Waals surface area contributed by atoms with Crippen LogP contribution in [0.25, 0.3) is 0 Å². The first-order chi connectivity index (χ1) is 9.08. The summed E-state index contributed by atoms with van der Waals surface area (Å²) >= 11 is 0. The summed E-state index contributed by atoms with van der Waals surface area (Å²) in [6.45, 7) is 0.721. The molecule has 0 aliphatic heterocycles. The van der Waals surface area contributed by atoms with Gasteiger partial charge in [0, 0.05) is 18.7 Å². The fourth-order valence-corrected chi connectivity index (χ4v) is 2.54. The maximum atomic E-state index is 13.4. The maximum Gasteiger partial charge on any atom is 0.129 e. The van der Waals surface area contributed by atoms with E-state index in [1.165, 1.54) is 0 Å². The van der Waals surface area contributed by atoms with Gasteiger partial charge < -0.3 is 15.5 Å². The minimum atomic E-state index is -1.09. The van der Waals surface area contributed by atoms with Gasteiger partial charge in [-0.2, -0.15) is 0 Å². The summed E-state index contributed by atoms with van der Waals surface area (Å²) in [5.41, 5.74) is -0.0422. The standard InChI is InChI=1S/C14H19F2NO2/c15-10-4-5-12(16)11(6-10)14(19)8-17-7-9-2-1-3-13(9)18/h4-6,9,13-14,17-19H,1-3,7-8H2. The molecule has 1 saturated carbocycles. The average Bonchev–Trinajstić information content (AvgIpc) is 2.78. The molecule has 3 N–H and O–H groups in total. The van der Waals surface area contributed by atoms with Gasteiger partial charge in [-0.3, -0.25) is 0 Å². The third kappa shape index (κ3) is 3.72. The van der Waals surface area contributed by atoms with Crippen LogP contribution in [0.2, 0.25) is 0 Å². The van der Waals surface area contributed by atoms with E-state index in [2.05, 4.69) is 5.32 Å². The zero-order valence-electron chi connectivity index (χ0n) is 10.6. The van der Waals surface area contributed by atoms with Crippen LogP contribution < -0.4 is 5.32 Å². The summed E-state index contributed by atoms with van der Waals surface area (Å²) in [6.07, 6.45) is 1.39. The third-order valence-corrected chi connectivity index (χ3v) is 3.68. The van der Waals surface area contributed by atoms with E-state index in [0.29, 0.717) is 6.54 Å². The molecule has 5 heteroatoms. The van der Waals surface area contributed by atoms with Crippen LogP contribution in [-0.2, 0) is 0 Å². The normalized spacial score (nSPS) is 24.6. The fraction of sp³-hybridized carbons (Fsp3) is 0.571. The number of rotatable bonds is 5. The smallest absolute Gasteiger partial charge is 0.129 e. The van der Waals surface area contributed by atoms with Crippen LogP contribution in [0.4, 0.5) is 8.78 Å². The Bertz CT molecular complexity index is 428. The van der Waals surface area contributed by atoms with Crippen LogP contribution >= 0.6 is 0 Å². The van der Waals surface area contributed by atoms with Gasteiger partial charge in [-0.25, -0.2) is 8.78 Å². The van der Waals surface area contributed by atoms with Crippen LogP contribution in [-0.4, -0.2) is 29.4 Å². The van der Waals surface area contributed by atoms with Crippen molar-refractivity contribution in [2.75, 3.05) is 13.1 Å². The number of benzene rings is 1. The topological polar surface area (TPSA) is 52.5 Å². The van der Waals surface area contributed by atoms with Gasteiger partial charge in [-0.15, -0.1) is 0 Å². The first-order valence-electron chi connectivity index (χ1n) is 6.59. The highest BCUT2D eigenvalue weighted by molar-refractivity contribution is 5.21. The van der Waals surface area contributed by atoms with Crippen molar-refractivity contribution in [1.82, 2.24) is 5.32 Å². The summed E-state index contributed by atoms with van der Waals surface area (Å²) < 4.78 is 26.4. The van der Waals surface area contributed by atoms with Crippen LogP contribution in [0.1, 0.15) is 30.9 Å². The van der Waals surface area contributed by atoms with Crippen molar-refractivity contribution in [3.63, 3.8) is 0 Å². The molecule has 3 unspecified atom stereocenters. The molecule has 0 saturated heterocycles. The molecule has 19 heavy (non-hydrogen) atoms. The summed E-state index contributed by atoms with van der Waals surface area (Å²) in [7, 11) is 0. The van der Waals surface area contributed by atoms with Crippen LogP contribution in [0.15, 0.2) is 18.2 Å². The van der Waals surface area contributed by atoms with E-state index in [1.54, 1.807) is 0 Å². The van der Waals surface area contributed by atoms with Gasteiger partial charge >= 0.3 is 0 Å². The van der Waals surface area contributed by atoms with Crippen molar-refractivity contribution in [1.29, 1.82) is 0 Å². The molecule has 0 radical (unpaired) electrons. The molecule has 3 nitrogen and oxygen atoms in total. The van der Waals surface area contributed by atoms with Crippen LogP contribution in [0.3, 0.4) is 0 Å². The second kappa shape index (κ2) is 6.41. The highest BCUT2D eigenvalue weighted by Gasteiger charge is 2.25. The molecule has 106 valence electrons. The largest absolute Gasteiger partial charge is 0.393 e. The summed E-state index contributed by atoms with van der Waals surface area (Å²) in [6, 6.07) is 3.04. The Morgan fingerprint density at radius 1 is 1.32 bits per heavy atom. The van der Waals surface area contributed by atoms with Crippen molar-refractivity contribution in [2.45, 2.75) is 31.5 Å². The number of hydrogen-bond donors (Lipinski definition) is 3. The van der Waals surface area contributed by atoms with Crippen molar-refractivity contribution < 1.29 is 19.0 Å². The van der Waals surface area contributed by atoms with Crippen molar-refractivity contribution >= 4 is 0 Å². The van der Waals surface area contributed by atoms with Gasteiger partial charge in [0.05, 0.1) is 12.2 Å². The molecule has 1 aromatic carbocycles. The molecule has 1 fully saturated rings. The SMILES string of the molecule is OC(CNCC1CCCC1O)c1cc(F)ccc1F. The minimum absolute atomic E-state index is 0.0422. The Labute approximate surface area is 111 Å².